The molecule has 4 N–H and O–H groups in total. The molecule has 0 aromatic rings. The second-order valence-corrected chi connectivity index (χ2v) is 5.18. The Hall–Kier alpha value is -1.67. The fourth-order valence-corrected chi connectivity index (χ4v) is 2.92. The minimum absolute atomic E-state index is 0.0675. The lowest BCUT2D eigenvalue weighted by molar-refractivity contribution is -0.151. The lowest BCUT2D eigenvalue weighted by Gasteiger charge is -2.29. The third-order valence-electron chi connectivity index (χ3n) is 3.88. The smallest absolute Gasteiger partial charge is 0.326 e. The zero-order valence-electron chi connectivity index (χ0n) is 11.1. The van der Waals surface area contributed by atoms with E-state index in [9.17, 15) is 19.5 Å². The van der Waals surface area contributed by atoms with Gasteiger partial charge in [-0.15, -0.1) is 0 Å². The first-order valence-electron chi connectivity index (χ1n) is 6.66. The molecule has 3 unspecified atom stereocenters. The van der Waals surface area contributed by atoms with Crippen LogP contribution in [-0.2, 0) is 14.4 Å². The first kappa shape index (κ1) is 14.7. The molecular formula is C12H19N3O5. The molecule has 0 saturated carbocycles. The van der Waals surface area contributed by atoms with Gasteiger partial charge in [0.2, 0.25) is 11.8 Å². The van der Waals surface area contributed by atoms with Crippen LogP contribution < -0.4 is 5.73 Å². The first-order chi connectivity index (χ1) is 9.45. The highest BCUT2D eigenvalue weighted by Crippen LogP contribution is 2.25. The van der Waals surface area contributed by atoms with Crippen LogP contribution in [0.2, 0.25) is 0 Å². The minimum atomic E-state index is -1.04. The van der Waals surface area contributed by atoms with Crippen LogP contribution in [0.4, 0.5) is 0 Å². The van der Waals surface area contributed by atoms with Crippen molar-refractivity contribution in [2.24, 2.45) is 5.73 Å². The maximum absolute atomic E-state index is 12.5. The standard InChI is InChI=1S/C12H19N3O5/c13-5-10(17)15-6-7(16)4-9(15)11(18)14-3-1-2-8(14)12(19)20/h7-9,16H,1-6,13H2,(H,19,20). The van der Waals surface area contributed by atoms with Gasteiger partial charge in [-0.05, 0) is 12.8 Å². The van der Waals surface area contributed by atoms with E-state index < -0.39 is 36.0 Å². The Balaban J connectivity index is 2.14. The number of hydrogen-bond donors (Lipinski definition) is 3. The highest BCUT2D eigenvalue weighted by molar-refractivity contribution is 5.91. The van der Waals surface area contributed by atoms with E-state index in [0.29, 0.717) is 19.4 Å². The number of aliphatic carboxylic acids is 1. The number of β-amino-alcohol motifs (C(OH)–C–C–N with tert-alkyl or cyclic N) is 1. The average molecular weight is 285 g/mol. The molecular weight excluding hydrogens is 266 g/mol. The number of carbonyl (C=O) groups excluding carboxylic acids is 2. The van der Waals surface area contributed by atoms with E-state index >= 15 is 0 Å². The first-order valence-corrected chi connectivity index (χ1v) is 6.66. The van der Waals surface area contributed by atoms with Crippen LogP contribution in [-0.4, -0.2) is 75.6 Å². The molecule has 2 amide bonds. The number of amides is 2. The molecule has 8 nitrogen and oxygen atoms in total. The van der Waals surface area contributed by atoms with Crippen LogP contribution in [0.25, 0.3) is 0 Å². The van der Waals surface area contributed by atoms with E-state index in [1.165, 1.54) is 9.80 Å². The molecule has 8 heteroatoms. The largest absolute Gasteiger partial charge is 0.480 e. The molecule has 112 valence electrons. The monoisotopic (exact) mass is 285 g/mol. The second kappa shape index (κ2) is 5.76. The van der Waals surface area contributed by atoms with Gasteiger partial charge in [0.25, 0.3) is 0 Å². The summed E-state index contributed by atoms with van der Waals surface area (Å²) in [5.41, 5.74) is 5.30. The Morgan fingerprint density at radius 1 is 1.20 bits per heavy atom. The fourth-order valence-electron chi connectivity index (χ4n) is 2.92. The van der Waals surface area contributed by atoms with E-state index in [4.69, 9.17) is 10.8 Å². The van der Waals surface area contributed by atoms with Crippen molar-refractivity contribution in [3.63, 3.8) is 0 Å². The van der Waals surface area contributed by atoms with E-state index in [1.54, 1.807) is 0 Å². The number of carboxylic acid groups (broad SMARTS) is 1. The summed E-state index contributed by atoms with van der Waals surface area (Å²) in [6, 6.07) is -1.64. The Bertz CT molecular complexity index is 427. The number of rotatable bonds is 3. The summed E-state index contributed by atoms with van der Waals surface area (Å²) in [6.07, 6.45) is 0.405. The molecule has 2 heterocycles. The predicted molar refractivity (Wildman–Crippen MR) is 67.6 cm³/mol. The number of carboxylic acids is 1. The molecule has 20 heavy (non-hydrogen) atoms. The van der Waals surface area contributed by atoms with Crippen LogP contribution in [0.5, 0.6) is 0 Å². The quantitative estimate of drug-likeness (QED) is 0.550. The Labute approximate surface area is 116 Å². The molecule has 2 fully saturated rings. The molecule has 0 bridgehead atoms. The predicted octanol–water partition coefficient (Wildman–Crippen LogP) is -2.02. The number of hydrogen-bond acceptors (Lipinski definition) is 5. The van der Waals surface area contributed by atoms with Gasteiger partial charge in [-0.3, -0.25) is 9.59 Å². The average Bonchev–Trinajstić information content (AvgIpc) is 3.03. The van der Waals surface area contributed by atoms with Gasteiger partial charge >= 0.3 is 5.97 Å². The highest BCUT2D eigenvalue weighted by Gasteiger charge is 2.44. The molecule has 3 atom stereocenters. The maximum atomic E-state index is 12.5. The van der Waals surface area contributed by atoms with Crippen molar-refractivity contribution in [3.05, 3.63) is 0 Å². The second-order valence-electron chi connectivity index (χ2n) is 5.18. The number of aliphatic hydroxyl groups is 1. The summed E-state index contributed by atoms with van der Waals surface area (Å²) in [7, 11) is 0. The van der Waals surface area contributed by atoms with Gasteiger partial charge in [-0.25, -0.2) is 4.79 Å². The van der Waals surface area contributed by atoms with Crippen molar-refractivity contribution in [1.29, 1.82) is 0 Å². The summed E-state index contributed by atoms with van der Waals surface area (Å²) in [5.74, 6) is -1.86. The van der Waals surface area contributed by atoms with Crippen molar-refractivity contribution < 1.29 is 24.6 Å². The van der Waals surface area contributed by atoms with Crippen LogP contribution in [0, 0.1) is 0 Å². The molecule has 0 aromatic heterocycles. The number of nitrogens with zero attached hydrogens (tertiary/aromatic N) is 2. The van der Waals surface area contributed by atoms with Gasteiger partial charge in [-0.1, -0.05) is 0 Å². The van der Waals surface area contributed by atoms with Gasteiger partial charge in [0.15, 0.2) is 0 Å². The maximum Gasteiger partial charge on any atom is 0.326 e. The summed E-state index contributed by atoms with van der Waals surface area (Å²) in [4.78, 5) is 37.8. The van der Waals surface area contributed by atoms with E-state index in [0.717, 1.165) is 0 Å². The van der Waals surface area contributed by atoms with Crippen molar-refractivity contribution in [2.45, 2.75) is 37.5 Å². The zero-order chi connectivity index (χ0) is 14.9. The molecule has 2 rings (SSSR count). The number of aliphatic hydroxyl groups excluding tert-OH is 1. The Morgan fingerprint density at radius 2 is 1.90 bits per heavy atom. The van der Waals surface area contributed by atoms with Crippen LogP contribution in [0.15, 0.2) is 0 Å². The molecule has 2 aliphatic rings. The topological polar surface area (TPSA) is 124 Å². The number of nitrogens with two attached hydrogens (primary N) is 1. The molecule has 0 radical (unpaired) electrons. The van der Waals surface area contributed by atoms with Crippen molar-refractivity contribution in [2.75, 3.05) is 19.6 Å². The zero-order valence-corrected chi connectivity index (χ0v) is 11.1. The van der Waals surface area contributed by atoms with Gasteiger partial charge in [0.1, 0.15) is 12.1 Å². The normalized spacial score (nSPS) is 29.8. The number of likely N-dealkylation sites (tertiary alicyclic amines) is 2. The van der Waals surface area contributed by atoms with E-state index in [2.05, 4.69) is 0 Å². The van der Waals surface area contributed by atoms with Crippen molar-refractivity contribution in [1.82, 2.24) is 9.80 Å². The number of carbonyl (C=O) groups is 3. The van der Waals surface area contributed by atoms with Crippen LogP contribution >= 0.6 is 0 Å². The van der Waals surface area contributed by atoms with Crippen LogP contribution in [0.1, 0.15) is 19.3 Å². The highest BCUT2D eigenvalue weighted by atomic mass is 16.4. The van der Waals surface area contributed by atoms with Gasteiger partial charge < -0.3 is 25.7 Å². The Kier molecular flexibility index (Phi) is 4.24. The van der Waals surface area contributed by atoms with E-state index in [-0.39, 0.29) is 19.5 Å². The Morgan fingerprint density at radius 3 is 2.50 bits per heavy atom. The van der Waals surface area contributed by atoms with Gasteiger partial charge in [0, 0.05) is 19.5 Å². The van der Waals surface area contributed by atoms with E-state index in [1.807, 2.05) is 0 Å². The molecule has 0 aliphatic carbocycles. The third-order valence-corrected chi connectivity index (χ3v) is 3.88. The SMILES string of the molecule is NCC(=O)N1CC(O)CC1C(=O)N1CCCC1C(=O)O. The van der Waals surface area contributed by atoms with Gasteiger partial charge in [0.05, 0.1) is 12.6 Å². The lowest BCUT2D eigenvalue weighted by atomic mass is 10.1. The summed E-state index contributed by atoms with van der Waals surface area (Å²) in [6.45, 7) is 0.198. The summed E-state index contributed by atoms with van der Waals surface area (Å²) in [5, 5.41) is 18.8. The minimum Gasteiger partial charge on any atom is -0.480 e. The third kappa shape index (κ3) is 2.61. The lowest BCUT2D eigenvalue weighted by Crippen LogP contribution is -2.51. The van der Waals surface area contributed by atoms with Crippen LogP contribution in [0.3, 0.4) is 0 Å². The molecule has 2 aliphatic heterocycles. The van der Waals surface area contributed by atoms with Gasteiger partial charge in [-0.2, -0.15) is 0 Å². The molecule has 0 spiro atoms. The van der Waals surface area contributed by atoms with Crippen molar-refractivity contribution >= 4 is 17.8 Å². The van der Waals surface area contributed by atoms with Crippen molar-refractivity contribution in [3.8, 4) is 0 Å². The summed E-state index contributed by atoms with van der Waals surface area (Å²) < 4.78 is 0. The fraction of sp³-hybridized carbons (Fsp3) is 0.750. The molecule has 2 saturated heterocycles. The molecule has 0 aromatic carbocycles. The summed E-state index contributed by atoms with van der Waals surface area (Å²) >= 11 is 0.